The minimum atomic E-state index is 0.640. The van der Waals surface area contributed by atoms with Gasteiger partial charge >= 0.3 is 0 Å². The molecule has 0 radical (unpaired) electrons. The van der Waals surface area contributed by atoms with Gasteiger partial charge in [0.15, 0.2) is 0 Å². The highest BCUT2D eigenvalue weighted by Crippen LogP contribution is 2.23. The summed E-state index contributed by atoms with van der Waals surface area (Å²) in [6.07, 6.45) is 5.05. The molecule has 1 aromatic carbocycles. The van der Waals surface area contributed by atoms with Crippen LogP contribution in [-0.2, 0) is 0 Å². The molecule has 0 aromatic heterocycles. The number of hydrogen-bond acceptors (Lipinski definition) is 3. The highest BCUT2D eigenvalue weighted by atomic mass is 35.5. The number of hydrogen-bond donors (Lipinski definition) is 1. The number of piperidine rings is 1. The lowest BCUT2D eigenvalue weighted by Gasteiger charge is -2.32. The predicted molar refractivity (Wildman–Crippen MR) is 79.5 cm³/mol. The molecule has 1 unspecified atom stereocenters. The van der Waals surface area contributed by atoms with Crippen molar-refractivity contribution in [1.29, 1.82) is 5.26 Å². The molecule has 1 aromatic rings. The van der Waals surface area contributed by atoms with Gasteiger partial charge in [0.25, 0.3) is 0 Å². The number of nitriles is 1. The topological polar surface area (TPSA) is 39.1 Å². The van der Waals surface area contributed by atoms with Crippen LogP contribution in [0.25, 0.3) is 0 Å². The second-order valence-corrected chi connectivity index (χ2v) is 5.56. The Balaban J connectivity index is 1.87. The Morgan fingerprint density at radius 2 is 2.32 bits per heavy atom. The van der Waals surface area contributed by atoms with Crippen molar-refractivity contribution < 1.29 is 0 Å². The first-order valence-corrected chi connectivity index (χ1v) is 7.22. The van der Waals surface area contributed by atoms with Crippen LogP contribution in [0.5, 0.6) is 0 Å². The fourth-order valence-corrected chi connectivity index (χ4v) is 2.80. The summed E-state index contributed by atoms with van der Waals surface area (Å²) < 4.78 is 0. The maximum atomic E-state index is 8.89. The van der Waals surface area contributed by atoms with Crippen molar-refractivity contribution in [3.8, 4) is 6.07 Å². The molecule has 1 saturated heterocycles. The van der Waals surface area contributed by atoms with E-state index in [1.165, 1.54) is 25.8 Å². The molecule has 0 spiro atoms. The summed E-state index contributed by atoms with van der Waals surface area (Å²) in [5, 5.41) is 12.9. The van der Waals surface area contributed by atoms with Crippen LogP contribution in [0.2, 0.25) is 5.02 Å². The molecule has 0 aliphatic carbocycles. The third kappa shape index (κ3) is 3.86. The van der Waals surface area contributed by atoms with Gasteiger partial charge < -0.3 is 10.2 Å². The summed E-state index contributed by atoms with van der Waals surface area (Å²) in [6, 6.07) is 8.12. The molecule has 2 rings (SSSR count). The molecule has 102 valence electrons. The Labute approximate surface area is 120 Å². The number of benzene rings is 1. The van der Waals surface area contributed by atoms with Gasteiger partial charge in [-0.2, -0.15) is 5.26 Å². The lowest BCUT2D eigenvalue weighted by molar-refractivity contribution is 0.179. The van der Waals surface area contributed by atoms with E-state index in [1.54, 1.807) is 12.1 Å². The SMILES string of the molecule is CN1CCCCC1CCNc1cc(C#N)ccc1Cl. The first-order chi connectivity index (χ1) is 9.20. The molecule has 0 bridgehead atoms. The molecule has 1 atom stereocenters. The highest BCUT2D eigenvalue weighted by molar-refractivity contribution is 6.33. The minimum Gasteiger partial charge on any atom is -0.384 e. The monoisotopic (exact) mass is 277 g/mol. The standard InChI is InChI=1S/C15H20ClN3/c1-19-9-3-2-4-13(19)7-8-18-15-10-12(11-17)5-6-14(15)16/h5-6,10,13,18H,2-4,7-9H2,1H3. The van der Waals surface area contributed by atoms with Crippen LogP contribution in [0.15, 0.2) is 18.2 Å². The van der Waals surface area contributed by atoms with Gasteiger partial charge in [0.1, 0.15) is 0 Å². The van der Waals surface area contributed by atoms with E-state index in [-0.39, 0.29) is 0 Å². The first-order valence-electron chi connectivity index (χ1n) is 6.84. The van der Waals surface area contributed by atoms with Crippen molar-refractivity contribution in [2.24, 2.45) is 0 Å². The van der Waals surface area contributed by atoms with Crippen LogP contribution < -0.4 is 5.32 Å². The Morgan fingerprint density at radius 1 is 1.47 bits per heavy atom. The van der Waals surface area contributed by atoms with Gasteiger partial charge in [0, 0.05) is 12.6 Å². The maximum Gasteiger partial charge on any atom is 0.0992 e. The number of halogens is 1. The normalized spacial score (nSPS) is 19.9. The molecule has 1 N–H and O–H groups in total. The molecule has 1 aliphatic rings. The van der Waals surface area contributed by atoms with Crippen LogP contribution in [0.4, 0.5) is 5.69 Å². The van der Waals surface area contributed by atoms with Gasteiger partial charge in [-0.1, -0.05) is 18.0 Å². The van der Waals surface area contributed by atoms with Crippen LogP contribution in [0.1, 0.15) is 31.2 Å². The van der Waals surface area contributed by atoms with Gasteiger partial charge in [0.05, 0.1) is 22.3 Å². The molecule has 0 saturated carbocycles. The molecule has 1 fully saturated rings. The number of likely N-dealkylation sites (tertiary alicyclic amines) is 1. The average Bonchev–Trinajstić information content (AvgIpc) is 2.43. The Hall–Kier alpha value is -1.24. The molecule has 1 aliphatic heterocycles. The van der Waals surface area contributed by atoms with E-state index in [4.69, 9.17) is 16.9 Å². The number of nitrogens with one attached hydrogen (secondary N) is 1. The quantitative estimate of drug-likeness (QED) is 0.916. The van der Waals surface area contributed by atoms with Crippen molar-refractivity contribution in [2.45, 2.75) is 31.7 Å². The summed E-state index contributed by atoms with van der Waals surface area (Å²) in [5.74, 6) is 0. The van der Waals surface area contributed by atoms with Crippen LogP contribution in [0.3, 0.4) is 0 Å². The lowest BCUT2D eigenvalue weighted by Crippen LogP contribution is -2.37. The van der Waals surface area contributed by atoms with E-state index in [0.717, 1.165) is 18.7 Å². The zero-order valence-electron chi connectivity index (χ0n) is 11.3. The van der Waals surface area contributed by atoms with Gasteiger partial charge in [0.2, 0.25) is 0 Å². The van der Waals surface area contributed by atoms with E-state index in [2.05, 4.69) is 23.3 Å². The van der Waals surface area contributed by atoms with Crippen LogP contribution >= 0.6 is 11.6 Å². The number of anilines is 1. The van der Waals surface area contributed by atoms with Crippen molar-refractivity contribution in [3.05, 3.63) is 28.8 Å². The summed E-state index contributed by atoms with van der Waals surface area (Å²) in [7, 11) is 2.20. The van der Waals surface area contributed by atoms with Crippen LogP contribution in [0, 0.1) is 11.3 Å². The first kappa shape index (κ1) is 14.2. The summed E-state index contributed by atoms with van der Waals surface area (Å²) in [4.78, 5) is 2.44. The Bertz CT molecular complexity index is 467. The molecule has 4 heteroatoms. The zero-order valence-corrected chi connectivity index (χ0v) is 12.1. The van der Waals surface area contributed by atoms with Gasteiger partial charge in [-0.3, -0.25) is 0 Å². The van der Waals surface area contributed by atoms with E-state index in [9.17, 15) is 0 Å². The fraction of sp³-hybridized carbons (Fsp3) is 0.533. The Kier molecular flexibility index (Phi) is 5.07. The molecular weight excluding hydrogens is 258 g/mol. The summed E-state index contributed by atoms with van der Waals surface area (Å²) >= 11 is 6.12. The summed E-state index contributed by atoms with van der Waals surface area (Å²) in [6.45, 7) is 2.10. The average molecular weight is 278 g/mol. The van der Waals surface area contributed by atoms with E-state index < -0.39 is 0 Å². The molecular formula is C15H20ClN3. The second-order valence-electron chi connectivity index (χ2n) is 5.15. The number of rotatable bonds is 4. The summed E-state index contributed by atoms with van der Waals surface area (Å²) in [5.41, 5.74) is 1.50. The van der Waals surface area contributed by atoms with Crippen LogP contribution in [-0.4, -0.2) is 31.1 Å². The van der Waals surface area contributed by atoms with Gasteiger partial charge in [-0.05, 0) is 51.1 Å². The van der Waals surface area contributed by atoms with Gasteiger partial charge in [-0.15, -0.1) is 0 Å². The van der Waals surface area contributed by atoms with Crippen molar-refractivity contribution >= 4 is 17.3 Å². The predicted octanol–water partition coefficient (Wildman–Crippen LogP) is 3.50. The molecule has 1 heterocycles. The number of nitrogens with zero attached hydrogens (tertiary/aromatic N) is 2. The maximum absolute atomic E-state index is 8.89. The van der Waals surface area contributed by atoms with E-state index in [1.807, 2.05) is 6.07 Å². The van der Waals surface area contributed by atoms with Crippen molar-refractivity contribution in [3.63, 3.8) is 0 Å². The molecule has 0 amide bonds. The molecule has 3 nitrogen and oxygen atoms in total. The highest BCUT2D eigenvalue weighted by Gasteiger charge is 2.18. The van der Waals surface area contributed by atoms with E-state index in [0.29, 0.717) is 16.6 Å². The van der Waals surface area contributed by atoms with Crippen molar-refractivity contribution in [2.75, 3.05) is 25.5 Å². The molecule has 19 heavy (non-hydrogen) atoms. The van der Waals surface area contributed by atoms with Gasteiger partial charge in [-0.25, -0.2) is 0 Å². The Morgan fingerprint density at radius 3 is 3.05 bits per heavy atom. The second kappa shape index (κ2) is 6.79. The fourth-order valence-electron chi connectivity index (χ4n) is 2.61. The minimum absolute atomic E-state index is 0.640. The van der Waals surface area contributed by atoms with E-state index >= 15 is 0 Å². The smallest absolute Gasteiger partial charge is 0.0992 e. The lowest BCUT2D eigenvalue weighted by atomic mass is 10.0. The third-order valence-corrected chi connectivity index (χ3v) is 4.14. The van der Waals surface area contributed by atoms with Crippen molar-refractivity contribution in [1.82, 2.24) is 4.90 Å². The zero-order chi connectivity index (χ0) is 13.7. The third-order valence-electron chi connectivity index (χ3n) is 3.81. The largest absolute Gasteiger partial charge is 0.384 e.